The minimum absolute atomic E-state index is 0.135. The monoisotopic (exact) mass is 393 g/mol. The van der Waals surface area contributed by atoms with Crippen LogP contribution in [0.2, 0.25) is 0 Å². The summed E-state index contributed by atoms with van der Waals surface area (Å²) in [7, 11) is 3.29. The zero-order valence-electron chi connectivity index (χ0n) is 16.2. The van der Waals surface area contributed by atoms with Crippen LogP contribution in [0.5, 0.6) is 0 Å². The highest BCUT2D eigenvalue weighted by molar-refractivity contribution is 7.92. The number of hydrogen-bond donors (Lipinski definition) is 0. The fourth-order valence-corrected chi connectivity index (χ4v) is 3.94. The van der Waals surface area contributed by atoms with E-state index >= 15 is 0 Å². The molecule has 1 atom stereocenters. The first-order chi connectivity index (χ1) is 13.5. The first-order valence-corrected chi connectivity index (χ1v) is 10.3. The third kappa shape index (κ3) is 4.55. The van der Waals surface area contributed by atoms with E-state index in [2.05, 4.69) is 46.9 Å². The second-order valence-electron chi connectivity index (χ2n) is 6.48. The topological polar surface area (TPSA) is 52.6 Å². The molecule has 144 valence electrons. The molecule has 0 saturated heterocycles. The van der Waals surface area contributed by atoms with Gasteiger partial charge in [-0.2, -0.15) is 0 Å². The second-order valence-corrected chi connectivity index (χ2v) is 7.94. The Morgan fingerprint density at radius 2 is 1.71 bits per heavy atom. The summed E-state index contributed by atoms with van der Waals surface area (Å²) in [6.07, 6.45) is 0. The van der Waals surface area contributed by atoms with Crippen molar-refractivity contribution in [3.63, 3.8) is 0 Å². The summed E-state index contributed by atoms with van der Waals surface area (Å²) in [5.74, 6) is -0.614. The van der Waals surface area contributed by atoms with E-state index in [1.54, 1.807) is 12.1 Å². The molecule has 0 spiro atoms. The quantitative estimate of drug-likeness (QED) is 0.450. The number of esters is 1. The molecule has 3 rings (SSSR count). The number of anilines is 2. The molecule has 0 heterocycles. The molecule has 0 saturated carbocycles. The van der Waals surface area contributed by atoms with E-state index in [4.69, 9.17) is 0 Å². The van der Waals surface area contributed by atoms with E-state index in [1.165, 1.54) is 23.8 Å². The Balaban J connectivity index is 1.81. The SMILES string of the molecule is COC(=O)C[S+]([O-])c1ccc(N(C)c2cccc(-c3ccccc3C)c2)cc1. The Morgan fingerprint density at radius 1 is 1.00 bits per heavy atom. The maximum atomic E-state index is 12.2. The van der Waals surface area contributed by atoms with Crippen LogP contribution in [-0.4, -0.2) is 30.4 Å². The lowest BCUT2D eigenvalue weighted by atomic mass is 10.00. The Bertz CT molecular complexity index is 956. The summed E-state index contributed by atoms with van der Waals surface area (Å²) in [6.45, 7) is 2.11. The van der Waals surface area contributed by atoms with Gasteiger partial charge in [0.25, 0.3) is 0 Å². The Morgan fingerprint density at radius 3 is 2.39 bits per heavy atom. The highest BCUT2D eigenvalue weighted by Crippen LogP contribution is 2.30. The lowest BCUT2D eigenvalue weighted by molar-refractivity contribution is -0.137. The molecular formula is C23H23NO3S. The maximum Gasteiger partial charge on any atom is 0.356 e. The summed E-state index contributed by atoms with van der Waals surface area (Å²) < 4.78 is 16.8. The molecule has 0 aliphatic rings. The molecule has 0 bridgehead atoms. The predicted molar refractivity (Wildman–Crippen MR) is 114 cm³/mol. The first-order valence-electron chi connectivity index (χ1n) is 8.94. The summed E-state index contributed by atoms with van der Waals surface area (Å²) in [5, 5.41) is 0. The lowest BCUT2D eigenvalue weighted by Crippen LogP contribution is -2.17. The van der Waals surface area contributed by atoms with Gasteiger partial charge in [0.2, 0.25) is 5.75 Å². The molecule has 4 nitrogen and oxygen atoms in total. The molecule has 0 aromatic heterocycles. The fourth-order valence-electron chi connectivity index (χ4n) is 3.00. The van der Waals surface area contributed by atoms with Crippen molar-refractivity contribution in [2.75, 3.05) is 24.8 Å². The molecule has 3 aromatic rings. The molecule has 0 aliphatic carbocycles. The number of hydrogen-bond acceptors (Lipinski definition) is 4. The average Bonchev–Trinajstić information content (AvgIpc) is 2.73. The van der Waals surface area contributed by atoms with E-state index < -0.39 is 17.1 Å². The van der Waals surface area contributed by atoms with Crippen molar-refractivity contribution in [2.24, 2.45) is 0 Å². The summed E-state index contributed by atoms with van der Waals surface area (Å²) >= 11 is -1.40. The van der Waals surface area contributed by atoms with E-state index in [1.807, 2.05) is 37.4 Å². The van der Waals surface area contributed by atoms with Crippen molar-refractivity contribution in [3.05, 3.63) is 78.4 Å². The van der Waals surface area contributed by atoms with Gasteiger partial charge in [0, 0.05) is 18.4 Å². The minimum Gasteiger partial charge on any atom is -0.611 e. The molecule has 3 aromatic carbocycles. The van der Waals surface area contributed by atoms with Gasteiger partial charge in [-0.05, 0) is 71.2 Å². The minimum atomic E-state index is -1.40. The van der Waals surface area contributed by atoms with Crippen molar-refractivity contribution in [3.8, 4) is 11.1 Å². The summed E-state index contributed by atoms with van der Waals surface area (Å²) in [6, 6.07) is 24.1. The molecular weight excluding hydrogens is 370 g/mol. The lowest BCUT2D eigenvalue weighted by Gasteiger charge is -2.21. The fraction of sp³-hybridized carbons (Fsp3) is 0.174. The van der Waals surface area contributed by atoms with Crippen LogP contribution in [0.4, 0.5) is 11.4 Å². The summed E-state index contributed by atoms with van der Waals surface area (Å²) in [4.78, 5) is 14.0. The molecule has 28 heavy (non-hydrogen) atoms. The number of ether oxygens (including phenoxy) is 1. The molecule has 0 fully saturated rings. The Labute approximate surface area is 168 Å². The Hall–Kier alpha value is -2.76. The van der Waals surface area contributed by atoms with E-state index in [-0.39, 0.29) is 5.75 Å². The number of benzene rings is 3. The highest BCUT2D eigenvalue weighted by atomic mass is 32.2. The van der Waals surface area contributed by atoms with Gasteiger partial charge < -0.3 is 14.2 Å². The summed E-state index contributed by atoms with van der Waals surface area (Å²) in [5.41, 5.74) is 5.65. The number of methoxy groups -OCH3 is 1. The number of carbonyl (C=O) groups is 1. The van der Waals surface area contributed by atoms with Crippen LogP contribution in [0, 0.1) is 6.92 Å². The van der Waals surface area contributed by atoms with Crippen molar-refractivity contribution in [1.29, 1.82) is 0 Å². The van der Waals surface area contributed by atoms with Crippen LogP contribution in [-0.2, 0) is 20.7 Å². The van der Waals surface area contributed by atoms with Crippen LogP contribution < -0.4 is 4.90 Å². The van der Waals surface area contributed by atoms with E-state index in [9.17, 15) is 9.35 Å². The molecule has 1 unspecified atom stereocenters. The number of rotatable bonds is 6. The van der Waals surface area contributed by atoms with Crippen LogP contribution in [0.15, 0.2) is 77.7 Å². The van der Waals surface area contributed by atoms with E-state index in [0.29, 0.717) is 4.90 Å². The van der Waals surface area contributed by atoms with Crippen LogP contribution in [0.25, 0.3) is 11.1 Å². The largest absolute Gasteiger partial charge is 0.611 e. The van der Waals surface area contributed by atoms with Crippen LogP contribution in [0.1, 0.15) is 5.56 Å². The van der Waals surface area contributed by atoms with Gasteiger partial charge in [0.05, 0.1) is 7.11 Å². The number of aryl methyl sites for hydroxylation is 1. The van der Waals surface area contributed by atoms with Crippen molar-refractivity contribution >= 4 is 28.5 Å². The second kappa shape index (κ2) is 8.95. The van der Waals surface area contributed by atoms with Gasteiger partial charge in [0.1, 0.15) is 0 Å². The normalized spacial score (nSPS) is 11.7. The zero-order chi connectivity index (χ0) is 20.1. The van der Waals surface area contributed by atoms with Crippen LogP contribution in [0.3, 0.4) is 0 Å². The molecule has 0 radical (unpaired) electrons. The average molecular weight is 394 g/mol. The maximum absolute atomic E-state index is 12.2. The predicted octanol–water partition coefficient (Wildman–Crippen LogP) is 4.71. The third-order valence-electron chi connectivity index (χ3n) is 4.65. The zero-order valence-corrected chi connectivity index (χ0v) is 17.0. The van der Waals surface area contributed by atoms with Crippen LogP contribution >= 0.6 is 0 Å². The molecule has 0 aliphatic heterocycles. The molecule has 0 N–H and O–H groups in total. The van der Waals surface area contributed by atoms with Crippen molar-refractivity contribution < 1.29 is 14.1 Å². The third-order valence-corrected chi connectivity index (χ3v) is 5.95. The Kier molecular flexibility index (Phi) is 6.39. The highest BCUT2D eigenvalue weighted by Gasteiger charge is 2.17. The van der Waals surface area contributed by atoms with Gasteiger partial charge in [-0.15, -0.1) is 0 Å². The van der Waals surface area contributed by atoms with Gasteiger partial charge >= 0.3 is 5.97 Å². The molecule has 0 amide bonds. The molecule has 5 heteroatoms. The number of nitrogens with zero attached hydrogens (tertiary/aromatic N) is 1. The van der Waals surface area contributed by atoms with E-state index in [0.717, 1.165) is 11.4 Å². The van der Waals surface area contributed by atoms with Gasteiger partial charge in [-0.25, -0.2) is 4.79 Å². The first kappa shape index (κ1) is 20.0. The standard InChI is InChI=1S/C23H23NO3S/c1-17-7-4-5-10-22(17)18-8-6-9-20(15-18)24(2)19-11-13-21(14-12-19)28(26)16-23(25)27-3/h4-15H,16H2,1-3H3. The van der Waals surface area contributed by atoms with Crippen molar-refractivity contribution in [1.82, 2.24) is 0 Å². The van der Waals surface area contributed by atoms with Crippen molar-refractivity contribution in [2.45, 2.75) is 11.8 Å². The number of carbonyl (C=O) groups excluding carboxylic acids is 1. The van der Waals surface area contributed by atoms with Gasteiger partial charge in [-0.1, -0.05) is 36.4 Å². The van der Waals surface area contributed by atoms with Gasteiger partial charge in [0.15, 0.2) is 4.90 Å². The smallest absolute Gasteiger partial charge is 0.356 e. The van der Waals surface area contributed by atoms with Gasteiger partial charge in [-0.3, -0.25) is 0 Å².